The van der Waals surface area contributed by atoms with Crippen LogP contribution in [0.5, 0.6) is 0 Å². The first kappa shape index (κ1) is 15.0. The zero-order chi connectivity index (χ0) is 15.2. The Kier molecular flexibility index (Phi) is 4.93. The maximum atomic E-state index is 11.9. The number of rotatable bonds is 6. The molecule has 0 spiro atoms. The summed E-state index contributed by atoms with van der Waals surface area (Å²) < 4.78 is 1.73. The Balaban J connectivity index is 1.87. The van der Waals surface area contributed by atoms with E-state index in [0.29, 0.717) is 12.1 Å². The number of carbonyl (C=O) groups excluding carboxylic acids is 2. The molecule has 1 heterocycles. The largest absolute Gasteiger partial charge is 0.350 e. The highest BCUT2D eigenvalue weighted by atomic mass is 16.2. The zero-order valence-corrected chi connectivity index (χ0v) is 12.4. The number of hydrogen-bond acceptors (Lipinski definition) is 2. The average Bonchev–Trinajstić information content (AvgIpc) is 2.93. The molecule has 4 nitrogen and oxygen atoms in total. The maximum absolute atomic E-state index is 11.9. The average molecular weight is 284 g/mol. The lowest BCUT2D eigenvalue weighted by Gasteiger charge is -2.06. The second-order valence-corrected chi connectivity index (χ2v) is 5.35. The molecule has 1 aromatic carbocycles. The van der Waals surface area contributed by atoms with Crippen LogP contribution in [0, 0.1) is 5.92 Å². The van der Waals surface area contributed by atoms with Crippen LogP contribution in [0.15, 0.2) is 48.8 Å². The summed E-state index contributed by atoms with van der Waals surface area (Å²) in [5, 5.41) is 2.86. The molecule has 0 atom stereocenters. The van der Waals surface area contributed by atoms with Gasteiger partial charge in [-0.3, -0.25) is 9.59 Å². The van der Waals surface area contributed by atoms with Gasteiger partial charge in [-0.05, 0) is 11.6 Å². The van der Waals surface area contributed by atoms with Gasteiger partial charge < -0.3 is 9.88 Å². The highest BCUT2D eigenvalue weighted by Gasteiger charge is 2.12. The van der Waals surface area contributed by atoms with Crippen LogP contribution in [0.1, 0.15) is 29.8 Å². The fraction of sp³-hybridized carbons (Fsp3) is 0.294. The Labute approximate surface area is 124 Å². The monoisotopic (exact) mass is 284 g/mol. The van der Waals surface area contributed by atoms with Gasteiger partial charge in [0, 0.05) is 30.4 Å². The number of amides is 1. The summed E-state index contributed by atoms with van der Waals surface area (Å²) in [4.78, 5) is 23.7. The Morgan fingerprint density at radius 3 is 2.52 bits per heavy atom. The molecule has 2 aromatic rings. The summed E-state index contributed by atoms with van der Waals surface area (Å²) in [5.41, 5.74) is 1.72. The number of ketones is 1. The summed E-state index contributed by atoms with van der Waals surface area (Å²) >= 11 is 0. The molecule has 0 bridgehead atoms. The summed E-state index contributed by atoms with van der Waals surface area (Å²) in [7, 11) is 0. The molecule has 0 radical (unpaired) electrons. The third-order valence-corrected chi connectivity index (χ3v) is 3.22. The molecule has 0 aliphatic carbocycles. The van der Waals surface area contributed by atoms with E-state index in [-0.39, 0.29) is 24.2 Å². The van der Waals surface area contributed by atoms with Gasteiger partial charge in [0.1, 0.15) is 6.54 Å². The number of hydrogen-bond donors (Lipinski definition) is 1. The van der Waals surface area contributed by atoms with Crippen molar-refractivity contribution in [1.29, 1.82) is 0 Å². The van der Waals surface area contributed by atoms with Gasteiger partial charge in [0.05, 0.1) is 0 Å². The first-order valence-electron chi connectivity index (χ1n) is 7.07. The fourth-order valence-electron chi connectivity index (χ4n) is 2.04. The van der Waals surface area contributed by atoms with Crippen molar-refractivity contribution >= 4 is 11.7 Å². The van der Waals surface area contributed by atoms with Gasteiger partial charge in [-0.1, -0.05) is 44.2 Å². The van der Waals surface area contributed by atoms with Crippen LogP contribution in [0.2, 0.25) is 0 Å². The second-order valence-electron chi connectivity index (χ2n) is 5.35. The van der Waals surface area contributed by atoms with Crippen LogP contribution in [0.25, 0.3) is 0 Å². The highest BCUT2D eigenvalue weighted by molar-refractivity contribution is 5.97. The topological polar surface area (TPSA) is 51.1 Å². The van der Waals surface area contributed by atoms with Crippen molar-refractivity contribution in [2.24, 2.45) is 5.92 Å². The Bertz CT molecular complexity index is 615. The number of aromatic nitrogens is 1. The molecule has 0 unspecified atom stereocenters. The summed E-state index contributed by atoms with van der Waals surface area (Å²) in [5.74, 6) is -0.0100. The molecule has 2 rings (SSSR count). The van der Waals surface area contributed by atoms with Gasteiger partial charge in [-0.25, -0.2) is 0 Å². The van der Waals surface area contributed by atoms with Crippen LogP contribution in [0.4, 0.5) is 0 Å². The highest BCUT2D eigenvalue weighted by Crippen LogP contribution is 2.09. The van der Waals surface area contributed by atoms with E-state index in [1.54, 1.807) is 23.0 Å². The van der Waals surface area contributed by atoms with Crippen LogP contribution in [-0.2, 0) is 17.9 Å². The number of Topliss-reactive ketones (excluding diaryl/α,β-unsaturated/α-hetero) is 1. The number of carbonyl (C=O) groups is 2. The molecule has 0 fully saturated rings. The van der Waals surface area contributed by atoms with Crippen molar-refractivity contribution in [2.45, 2.75) is 26.9 Å². The van der Waals surface area contributed by atoms with E-state index in [1.807, 2.05) is 44.2 Å². The molecule has 1 amide bonds. The molecular weight excluding hydrogens is 264 g/mol. The molecule has 0 aliphatic heterocycles. The second kappa shape index (κ2) is 6.88. The van der Waals surface area contributed by atoms with E-state index in [0.717, 1.165) is 5.56 Å². The minimum absolute atomic E-state index is 0.0345. The third kappa shape index (κ3) is 4.31. The molecule has 21 heavy (non-hydrogen) atoms. The lowest BCUT2D eigenvalue weighted by Crippen LogP contribution is -2.26. The first-order chi connectivity index (χ1) is 10.1. The van der Waals surface area contributed by atoms with Gasteiger partial charge in [0.2, 0.25) is 5.91 Å². The number of benzene rings is 1. The van der Waals surface area contributed by atoms with Crippen LogP contribution < -0.4 is 5.32 Å². The standard InChI is InChI=1S/C17H20N2O2/c1-13(2)17(21)15-8-9-19(11-15)12-16(20)18-10-14-6-4-3-5-7-14/h3-9,11,13H,10,12H2,1-2H3,(H,18,20). The quantitative estimate of drug-likeness (QED) is 0.829. The van der Waals surface area contributed by atoms with Gasteiger partial charge in [-0.15, -0.1) is 0 Å². The van der Waals surface area contributed by atoms with E-state index in [1.165, 1.54) is 0 Å². The molecule has 4 heteroatoms. The molecule has 0 saturated carbocycles. The van der Waals surface area contributed by atoms with Crippen molar-refractivity contribution in [3.05, 3.63) is 59.9 Å². The van der Waals surface area contributed by atoms with Crippen molar-refractivity contribution in [1.82, 2.24) is 9.88 Å². The van der Waals surface area contributed by atoms with E-state index in [9.17, 15) is 9.59 Å². The lowest BCUT2D eigenvalue weighted by molar-refractivity contribution is -0.121. The molecule has 1 N–H and O–H groups in total. The minimum atomic E-state index is -0.0713. The van der Waals surface area contributed by atoms with Crippen molar-refractivity contribution in [3.8, 4) is 0 Å². The SMILES string of the molecule is CC(C)C(=O)c1ccn(CC(=O)NCc2ccccc2)c1. The summed E-state index contributed by atoms with van der Waals surface area (Å²) in [6.45, 7) is 4.47. The molecule has 0 saturated heterocycles. The fourth-order valence-corrected chi connectivity index (χ4v) is 2.04. The maximum Gasteiger partial charge on any atom is 0.240 e. The minimum Gasteiger partial charge on any atom is -0.350 e. The van der Waals surface area contributed by atoms with Gasteiger partial charge in [0.15, 0.2) is 5.78 Å². The Morgan fingerprint density at radius 1 is 1.14 bits per heavy atom. The molecule has 110 valence electrons. The number of nitrogens with zero attached hydrogens (tertiary/aromatic N) is 1. The molecule has 1 aromatic heterocycles. The first-order valence-corrected chi connectivity index (χ1v) is 7.07. The molecule has 0 aliphatic rings. The third-order valence-electron chi connectivity index (χ3n) is 3.22. The van der Waals surface area contributed by atoms with Crippen molar-refractivity contribution in [2.75, 3.05) is 0 Å². The molecular formula is C17H20N2O2. The van der Waals surface area contributed by atoms with Crippen molar-refractivity contribution < 1.29 is 9.59 Å². The Hall–Kier alpha value is -2.36. The predicted octanol–water partition coefficient (Wildman–Crippen LogP) is 2.64. The van der Waals surface area contributed by atoms with E-state index in [4.69, 9.17) is 0 Å². The van der Waals surface area contributed by atoms with Gasteiger partial charge in [0.25, 0.3) is 0 Å². The summed E-state index contributed by atoms with van der Waals surface area (Å²) in [6.07, 6.45) is 3.49. The van der Waals surface area contributed by atoms with Crippen LogP contribution in [-0.4, -0.2) is 16.3 Å². The Morgan fingerprint density at radius 2 is 1.86 bits per heavy atom. The van der Waals surface area contributed by atoms with Crippen LogP contribution >= 0.6 is 0 Å². The predicted molar refractivity (Wildman–Crippen MR) is 81.9 cm³/mol. The van der Waals surface area contributed by atoms with E-state index < -0.39 is 0 Å². The summed E-state index contributed by atoms with van der Waals surface area (Å²) in [6, 6.07) is 11.5. The van der Waals surface area contributed by atoms with Crippen LogP contribution in [0.3, 0.4) is 0 Å². The van der Waals surface area contributed by atoms with Gasteiger partial charge in [-0.2, -0.15) is 0 Å². The smallest absolute Gasteiger partial charge is 0.240 e. The van der Waals surface area contributed by atoms with E-state index >= 15 is 0 Å². The lowest BCUT2D eigenvalue weighted by atomic mass is 10.0. The van der Waals surface area contributed by atoms with E-state index in [2.05, 4.69) is 5.32 Å². The number of nitrogens with one attached hydrogen (secondary N) is 1. The normalized spacial score (nSPS) is 10.6. The van der Waals surface area contributed by atoms with Gasteiger partial charge >= 0.3 is 0 Å². The zero-order valence-electron chi connectivity index (χ0n) is 12.4. The van der Waals surface area contributed by atoms with Crippen molar-refractivity contribution in [3.63, 3.8) is 0 Å².